The minimum Gasteiger partial charge on any atom is -0.466 e. The summed E-state index contributed by atoms with van der Waals surface area (Å²) in [5, 5.41) is 3.89. The Labute approximate surface area is 668 Å². The third-order valence-electron chi connectivity index (χ3n) is 1.04. The second-order valence-corrected chi connectivity index (χ2v) is 21.0. The lowest BCUT2D eigenvalue weighted by Crippen LogP contribution is -1.95. The van der Waals surface area contributed by atoms with Crippen LogP contribution in [0, 0.1) is 0 Å². The summed E-state index contributed by atoms with van der Waals surface area (Å²) in [6.07, 6.45) is 0. The summed E-state index contributed by atoms with van der Waals surface area (Å²) in [6, 6.07) is 0. The first-order chi connectivity index (χ1) is 36.6. The number of alkyl halides is 40. The Balaban J connectivity index is -0.0000000194. The molecule has 0 aliphatic rings. The van der Waals surface area contributed by atoms with Crippen molar-refractivity contribution in [3.8, 4) is 0 Å². The Morgan fingerprint density at radius 1 is 0.179 bits per heavy atom. The minimum absolute atomic E-state index is 0.194. The predicted molar refractivity (Wildman–Crippen MR) is 398 cm³/mol. The number of esters is 3. The summed E-state index contributed by atoms with van der Waals surface area (Å²) in [7, 11) is 0. The van der Waals surface area contributed by atoms with Gasteiger partial charge in [-0.15, -0.1) is 464 Å². The number of halogens is 40. The highest BCUT2D eigenvalue weighted by Crippen LogP contribution is 1.79. The Hall–Kier alpha value is 10.0. The van der Waals surface area contributed by atoms with Gasteiger partial charge in [0.1, 0.15) is 0 Å². The molecule has 0 aromatic rings. The summed E-state index contributed by atoms with van der Waals surface area (Å²) >= 11 is 191. The molecule has 0 aliphatic carbocycles. The van der Waals surface area contributed by atoms with Crippen molar-refractivity contribution >= 4 is 482 Å². The molecule has 0 aromatic heterocycles. The molecule has 0 heterocycles. The normalized spacial score (nSPS) is 6.38. The van der Waals surface area contributed by atoms with E-state index in [0.717, 1.165) is 0 Å². The van der Waals surface area contributed by atoms with Gasteiger partial charge < -0.3 is 14.2 Å². The fraction of sp³-hybridized carbons (Fsp3) is 0.906. The smallest absolute Gasteiger partial charge is 0.302 e. The molecule has 6 nitrogen and oxygen atoms in total. The molecule has 0 spiro atoms. The van der Waals surface area contributed by atoms with E-state index in [0.29, 0.717) is 19.8 Å². The maximum atomic E-state index is 9.82. The van der Waals surface area contributed by atoms with Crippen molar-refractivity contribution in [3.05, 3.63) is 0 Å². The molecule has 0 fully saturated rings. The third-order valence-corrected chi connectivity index (χ3v) is 1.04. The Bertz CT molecular complexity index is 446. The highest BCUT2D eigenvalue weighted by molar-refractivity contribution is 6.46. The Kier molecular flexibility index (Phi) is 642. The zero-order valence-corrected chi connectivity index (χ0v) is 71.6. The van der Waals surface area contributed by atoms with Crippen LogP contribution >= 0.6 is 464 Å². The molecular formula is C32H64Cl40O6. The topological polar surface area (TPSA) is 78.9 Å². The lowest BCUT2D eigenvalue weighted by Gasteiger charge is -1.89. The van der Waals surface area contributed by atoms with Crippen molar-refractivity contribution in [1.82, 2.24) is 0 Å². The molecule has 0 aliphatic heterocycles. The van der Waals surface area contributed by atoms with Crippen molar-refractivity contribution < 1.29 is 28.6 Å². The van der Waals surface area contributed by atoms with Crippen LogP contribution in [0.4, 0.5) is 0 Å². The van der Waals surface area contributed by atoms with Gasteiger partial charge in [-0.05, 0) is 20.8 Å². The lowest BCUT2D eigenvalue weighted by molar-refractivity contribution is -0.141. The maximum Gasteiger partial charge on any atom is 0.302 e. The quantitative estimate of drug-likeness (QED) is 0.159. The van der Waals surface area contributed by atoms with Crippen molar-refractivity contribution in [2.24, 2.45) is 0 Å². The summed E-state index contributed by atoms with van der Waals surface area (Å²) in [4.78, 5) is 29.5. The van der Waals surface area contributed by atoms with E-state index in [4.69, 9.17) is 464 Å². The number of ether oxygens (including phenoxy) is 3. The van der Waals surface area contributed by atoms with Crippen LogP contribution in [0.15, 0.2) is 0 Å². The number of hydrogen-bond donors (Lipinski definition) is 0. The molecule has 0 unspecified atom stereocenters. The zero-order valence-electron chi connectivity index (χ0n) is 41.3. The molecule has 0 amide bonds. The predicted octanol–water partition coefficient (Wildman–Crippen LogP) is 30.1. The summed E-state index contributed by atoms with van der Waals surface area (Å²) < 4.78 is 13.2. The van der Waals surface area contributed by atoms with Crippen molar-refractivity contribution in [2.45, 2.75) is 41.5 Å². The molecule has 0 atom stereocenters. The molecule has 78 heavy (non-hydrogen) atoms. The van der Waals surface area contributed by atoms with Crippen molar-refractivity contribution in [3.63, 3.8) is 0 Å². The van der Waals surface area contributed by atoms with Crippen LogP contribution in [0.25, 0.3) is 0 Å². The van der Waals surface area contributed by atoms with E-state index in [1.54, 1.807) is 20.8 Å². The van der Waals surface area contributed by atoms with Gasteiger partial charge >= 0.3 is 17.9 Å². The van der Waals surface area contributed by atoms with E-state index in [2.05, 4.69) is 14.2 Å². The van der Waals surface area contributed by atoms with Crippen LogP contribution in [0.5, 0.6) is 0 Å². The molecule has 0 bridgehead atoms. The maximum absolute atomic E-state index is 9.82. The molecule has 0 saturated heterocycles. The molecule has 508 valence electrons. The van der Waals surface area contributed by atoms with Gasteiger partial charge in [0.2, 0.25) is 0 Å². The number of carbonyl (C=O) groups excluding carboxylic acids is 3. The highest BCUT2D eigenvalue weighted by atomic mass is 35.6. The molecular weight excluding hydrogens is 1900 g/mol. The zero-order chi connectivity index (χ0) is 69.1. The van der Waals surface area contributed by atoms with Crippen molar-refractivity contribution in [1.29, 1.82) is 0 Å². The van der Waals surface area contributed by atoms with E-state index in [9.17, 15) is 14.4 Å². The largest absolute Gasteiger partial charge is 0.466 e. The van der Waals surface area contributed by atoms with E-state index in [-0.39, 0.29) is 125 Å². The molecule has 0 saturated carbocycles. The monoisotopic (exact) mass is 1940 g/mol. The average molecular weight is 1960 g/mol. The SMILES string of the molecule is CCOC(C)=O.CCOC(C)=O.CCOC(C)=O.ClCCl.ClCCl.ClCCl.ClCCl.ClCCl.ClCCl.ClCCl.ClCCl.ClCCl.ClCCl.ClCCl.ClCCl.ClCCl.ClCCl.ClCCl.ClCCl.ClCCl.ClCCl.ClCCl.ClCCl. The van der Waals surface area contributed by atoms with Crippen LogP contribution in [-0.2, 0) is 28.6 Å². The molecule has 0 rings (SSSR count). The lowest BCUT2D eigenvalue weighted by atomic mass is 10.8. The van der Waals surface area contributed by atoms with Gasteiger partial charge in [-0.25, -0.2) is 0 Å². The number of hydrogen-bond acceptors (Lipinski definition) is 6. The minimum atomic E-state index is -0.211. The van der Waals surface area contributed by atoms with Crippen LogP contribution in [-0.4, -0.2) is 145 Å². The summed E-state index contributed by atoms with van der Waals surface area (Å²) in [5.41, 5.74) is 0. The van der Waals surface area contributed by atoms with Crippen molar-refractivity contribution in [2.75, 3.05) is 127 Å². The van der Waals surface area contributed by atoms with Gasteiger partial charge in [-0.1, -0.05) is 0 Å². The fourth-order valence-electron chi connectivity index (χ4n) is 0.610. The molecule has 46 heteroatoms. The van der Waals surface area contributed by atoms with E-state index >= 15 is 0 Å². The van der Waals surface area contributed by atoms with Gasteiger partial charge in [0, 0.05) is 20.8 Å². The second-order valence-electron chi connectivity index (χ2n) is 4.79. The number of rotatable bonds is 3. The second kappa shape index (κ2) is 318. The van der Waals surface area contributed by atoms with Gasteiger partial charge in [0.25, 0.3) is 0 Å². The first-order valence-electron chi connectivity index (χ1n) is 16.4. The molecule has 0 aromatic carbocycles. The van der Waals surface area contributed by atoms with Crippen LogP contribution < -0.4 is 0 Å². The van der Waals surface area contributed by atoms with Crippen LogP contribution in [0.1, 0.15) is 41.5 Å². The van der Waals surface area contributed by atoms with E-state index in [1.807, 2.05) is 0 Å². The first-order valence-corrected chi connectivity index (χ1v) is 37.8. The summed E-state index contributed by atoms with van der Waals surface area (Å²) in [5.74, 6) is -0.632. The average Bonchev–Trinajstić information content (AvgIpc) is 3.30. The van der Waals surface area contributed by atoms with Gasteiger partial charge in [0.05, 0.1) is 127 Å². The van der Waals surface area contributed by atoms with Gasteiger partial charge in [-0.3, -0.25) is 14.4 Å². The van der Waals surface area contributed by atoms with Gasteiger partial charge in [0.15, 0.2) is 0 Å². The van der Waals surface area contributed by atoms with Gasteiger partial charge in [-0.2, -0.15) is 0 Å². The highest BCUT2D eigenvalue weighted by Gasteiger charge is 1.82. The molecule has 0 radical (unpaired) electrons. The Morgan fingerprint density at radius 2 is 0.218 bits per heavy atom. The van der Waals surface area contributed by atoms with Crippen LogP contribution in [0.2, 0.25) is 0 Å². The molecule has 0 N–H and O–H groups in total. The fourth-order valence-corrected chi connectivity index (χ4v) is 0.610. The number of carbonyl (C=O) groups is 3. The van der Waals surface area contributed by atoms with E-state index < -0.39 is 0 Å². The van der Waals surface area contributed by atoms with E-state index in [1.165, 1.54) is 20.8 Å². The Morgan fingerprint density at radius 3 is 0.218 bits per heavy atom. The third kappa shape index (κ3) is 1720. The first kappa shape index (κ1) is 158. The van der Waals surface area contributed by atoms with Crippen LogP contribution in [0.3, 0.4) is 0 Å². The summed E-state index contributed by atoms with van der Waals surface area (Å²) in [6.45, 7) is 11.0. The standard InChI is InChI=1S/3C4H8O2.20CH2Cl2/c3*1-3-6-4(2)5;20*2-1-3/h3*3H2,1-2H3;20*1H2.